The molecule has 2 saturated heterocycles. The minimum atomic E-state index is -3.62. The summed E-state index contributed by atoms with van der Waals surface area (Å²) in [6.07, 6.45) is 3.56. The SMILES string of the molecule is Cc1nc(-c2ccc(S(=O)(=O)NC3CCN([C@@H]4CCS(=O)(=O)C4)CC3)cc2)co1. The van der Waals surface area contributed by atoms with Gasteiger partial charge in [0.1, 0.15) is 12.0 Å². The lowest BCUT2D eigenvalue weighted by Crippen LogP contribution is -2.48. The number of sulfonamides is 1. The van der Waals surface area contributed by atoms with Gasteiger partial charge in [-0.2, -0.15) is 0 Å². The van der Waals surface area contributed by atoms with Crippen LogP contribution in [0, 0.1) is 6.92 Å². The summed E-state index contributed by atoms with van der Waals surface area (Å²) in [4.78, 5) is 6.64. The summed E-state index contributed by atoms with van der Waals surface area (Å²) in [5.74, 6) is 1.04. The van der Waals surface area contributed by atoms with Crippen LogP contribution in [-0.2, 0) is 19.9 Å². The number of benzene rings is 1. The van der Waals surface area contributed by atoms with E-state index in [1.807, 2.05) is 0 Å². The van der Waals surface area contributed by atoms with Crippen molar-refractivity contribution in [2.24, 2.45) is 0 Å². The number of nitrogens with zero attached hydrogens (tertiary/aromatic N) is 2. The number of sulfone groups is 1. The van der Waals surface area contributed by atoms with E-state index in [0.29, 0.717) is 43.9 Å². The number of aromatic nitrogens is 1. The fourth-order valence-electron chi connectivity index (χ4n) is 4.03. The second-order valence-electron chi connectivity index (χ2n) is 7.76. The van der Waals surface area contributed by atoms with E-state index in [2.05, 4.69) is 14.6 Å². The maximum Gasteiger partial charge on any atom is 0.240 e. The zero-order valence-corrected chi connectivity index (χ0v) is 17.9. The van der Waals surface area contributed by atoms with Gasteiger partial charge in [-0.15, -0.1) is 0 Å². The Bertz CT molecular complexity index is 1070. The maximum absolute atomic E-state index is 12.7. The molecular weight excluding hydrogens is 414 g/mol. The van der Waals surface area contributed by atoms with E-state index in [0.717, 1.165) is 5.56 Å². The Labute approximate surface area is 171 Å². The lowest BCUT2D eigenvalue weighted by atomic mass is 10.0. The smallest absolute Gasteiger partial charge is 0.240 e. The van der Waals surface area contributed by atoms with E-state index in [9.17, 15) is 16.8 Å². The van der Waals surface area contributed by atoms with Crippen molar-refractivity contribution in [3.8, 4) is 11.3 Å². The lowest BCUT2D eigenvalue weighted by Gasteiger charge is -2.35. The summed E-state index contributed by atoms with van der Waals surface area (Å²) in [5, 5.41) is 0. The van der Waals surface area contributed by atoms with E-state index in [-0.39, 0.29) is 28.5 Å². The Balaban J connectivity index is 1.36. The van der Waals surface area contributed by atoms with Crippen molar-refractivity contribution in [2.75, 3.05) is 24.6 Å². The zero-order valence-electron chi connectivity index (χ0n) is 16.2. The first kappa shape index (κ1) is 20.5. The number of hydrogen-bond acceptors (Lipinski definition) is 7. The standard InChI is InChI=1S/C19H25N3O5S2/c1-14-20-19(12-27-14)15-2-4-18(5-3-15)29(25,26)21-16-6-9-22(10-7-16)17-8-11-28(23,24)13-17/h2-5,12,16-17,21H,6-11,13H2,1H3/t17-/m1/s1. The third-order valence-electron chi connectivity index (χ3n) is 5.66. The molecule has 1 aromatic carbocycles. The molecule has 0 radical (unpaired) electrons. The van der Waals surface area contributed by atoms with E-state index in [1.54, 1.807) is 37.5 Å². The molecule has 0 unspecified atom stereocenters. The number of oxazole rings is 1. The van der Waals surface area contributed by atoms with Crippen LogP contribution in [0.15, 0.2) is 39.8 Å². The fraction of sp³-hybridized carbons (Fsp3) is 0.526. The molecule has 3 heterocycles. The summed E-state index contributed by atoms with van der Waals surface area (Å²) in [6, 6.07) is 6.50. The van der Waals surface area contributed by atoms with E-state index in [1.165, 1.54) is 0 Å². The van der Waals surface area contributed by atoms with Crippen molar-refractivity contribution in [3.63, 3.8) is 0 Å². The number of likely N-dealkylation sites (tertiary alicyclic amines) is 1. The van der Waals surface area contributed by atoms with Gasteiger partial charge >= 0.3 is 0 Å². The van der Waals surface area contributed by atoms with Gasteiger partial charge in [-0.25, -0.2) is 26.5 Å². The summed E-state index contributed by atoms with van der Waals surface area (Å²) in [6.45, 7) is 3.17. The van der Waals surface area contributed by atoms with Crippen LogP contribution >= 0.6 is 0 Å². The van der Waals surface area contributed by atoms with E-state index >= 15 is 0 Å². The van der Waals surface area contributed by atoms with Gasteiger partial charge < -0.3 is 4.42 Å². The van der Waals surface area contributed by atoms with Crippen LogP contribution in [0.25, 0.3) is 11.3 Å². The van der Waals surface area contributed by atoms with Crippen molar-refractivity contribution in [1.29, 1.82) is 0 Å². The van der Waals surface area contributed by atoms with Gasteiger partial charge in [0.05, 0.1) is 16.4 Å². The van der Waals surface area contributed by atoms with Gasteiger partial charge in [-0.05, 0) is 44.5 Å². The molecule has 0 amide bonds. The number of aryl methyl sites for hydroxylation is 1. The summed E-state index contributed by atoms with van der Waals surface area (Å²) in [5.41, 5.74) is 1.46. The number of nitrogens with one attached hydrogen (secondary N) is 1. The second kappa shape index (κ2) is 7.82. The Morgan fingerprint density at radius 2 is 1.83 bits per heavy atom. The quantitative estimate of drug-likeness (QED) is 0.753. The predicted octanol–water partition coefficient (Wildman–Crippen LogP) is 1.58. The molecule has 29 heavy (non-hydrogen) atoms. The van der Waals surface area contributed by atoms with Crippen LogP contribution in [0.5, 0.6) is 0 Å². The van der Waals surface area contributed by atoms with Crippen LogP contribution < -0.4 is 4.72 Å². The van der Waals surface area contributed by atoms with Crippen LogP contribution in [-0.4, -0.2) is 63.4 Å². The topological polar surface area (TPSA) is 110 Å². The number of rotatable bonds is 5. The molecule has 0 spiro atoms. The third kappa shape index (κ3) is 4.71. The minimum Gasteiger partial charge on any atom is -0.449 e. The number of piperidine rings is 1. The molecule has 1 atom stereocenters. The first-order valence-electron chi connectivity index (χ1n) is 9.71. The van der Waals surface area contributed by atoms with Crippen LogP contribution in [0.3, 0.4) is 0 Å². The molecule has 1 aromatic heterocycles. The van der Waals surface area contributed by atoms with Gasteiger partial charge in [0.15, 0.2) is 15.7 Å². The molecule has 0 bridgehead atoms. The van der Waals surface area contributed by atoms with Crippen LogP contribution in [0.2, 0.25) is 0 Å². The molecule has 1 N–H and O–H groups in total. The van der Waals surface area contributed by atoms with Gasteiger partial charge in [0.2, 0.25) is 10.0 Å². The average molecular weight is 440 g/mol. The minimum absolute atomic E-state index is 0.0743. The third-order valence-corrected chi connectivity index (χ3v) is 8.94. The zero-order chi connectivity index (χ0) is 20.6. The molecule has 158 valence electrons. The Kier molecular flexibility index (Phi) is 5.54. The van der Waals surface area contributed by atoms with Gasteiger partial charge in [-0.1, -0.05) is 12.1 Å². The monoisotopic (exact) mass is 439 g/mol. The van der Waals surface area contributed by atoms with Crippen molar-refractivity contribution >= 4 is 19.9 Å². The largest absolute Gasteiger partial charge is 0.449 e. The lowest BCUT2D eigenvalue weighted by molar-refractivity contribution is 0.161. The Morgan fingerprint density at radius 1 is 1.14 bits per heavy atom. The fourth-order valence-corrected chi connectivity index (χ4v) is 7.10. The van der Waals surface area contributed by atoms with Crippen molar-refractivity contribution in [3.05, 3.63) is 36.4 Å². The highest BCUT2D eigenvalue weighted by Gasteiger charge is 2.34. The number of hydrogen-bond donors (Lipinski definition) is 1. The van der Waals surface area contributed by atoms with Gasteiger partial charge in [0, 0.05) is 24.6 Å². The molecule has 2 aliphatic rings. The first-order valence-corrected chi connectivity index (χ1v) is 13.0. The molecule has 8 nitrogen and oxygen atoms in total. The molecule has 0 aliphatic carbocycles. The van der Waals surface area contributed by atoms with Gasteiger partial charge in [0.25, 0.3) is 0 Å². The highest BCUT2D eigenvalue weighted by atomic mass is 32.2. The molecule has 4 rings (SSSR count). The summed E-state index contributed by atoms with van der Waals surface area (Å²) < 4.78 is 56.8. The van der Waals surface area contributed by atoms with Gasteiger partial charge in [-0.3, -0.25) is 4.90 Å². The molecule has 2 aromatic rings. The van der Waals surface area contributed by atoms with E-state index < -0.39 is 19.9 Å². The highest BCUT2D eigenvalue weighted by Crippen LogP contribution is 2.24. The molecule has 10 heteroatoms. The van der Waals surface area contributed by atoms with Crippen molar-refractivity contribution < 1.29 is 21.3 Å². The second-order valence-corrected chi connectivity index (χ2v) is 11.7. The van der Waals surface area contributed by atoms with Crippen molar-refractivity contribution in [2.45, 2.75) is 43.2 Å². The summed E-state index contributed by atoms with van der Waals surface area (Å²) >= 11 is 0. The van der Waals surface area contributed by atoms with Crippen molar-refractivity contribution in [1.82, 2.24) is 14.6 Å². The molecule has 2 fully saturated rings. The molecule has 2 aliphatic heterocycles. The van der Waals surface area contributed by atoms with Crippen LogP contribution in [0.1, 0.15) is 25.2 Å². The Hall–Kier alpha value is -1.75. The maximum atomic E-state index is 12.7. The first-order chi connectivity index (χ1) is 13.7. The molecule has 0 saturated carbocycles. The average Bonchev–Trinajstić information content (AvgIpc) is 3.27. The normalized spacial score (nSPS) is 23.4. The van der Waals surface area contributed by atoms with E-state index in [4.69, 9.17) is 4.42 Å². The van der Waals surface area contributed by atoms with Crippen LogP contribution in [0.4, 0.5) is 0 Å². The predicted molar refractivity (Wildman–Crippen MR) is 109 cm³/mol. The summed E-state index contributed by atoms with van der Waals surface area (Å²) in [7, 11) is -6.53. The highest BCUT2D eigenvalue weighted by molar-refractivity contribution is 7.91. The Morgan fingerprint density at radius 3 is 2.38 bits per heavy atom. The molecular formula is C19H25N3O5S2.